The van der Waals surface area contributed by atoms with E-state index in [0.29, 0.717) is 36.8 Å². The molecule has 1 aliphatic carbocycles. The molecule has 4 aromatic rings. The second-order valence-corrected chi connectivity index (χ2v) is 10.7. The van der Waals surface area contributed by atoms with E-state index in [2.05, 4.69) is 39.1 Å². The molecule has 1 unspecified atom stereocenters. The number of H-pyrrole nitrogens is 1. The van der Waals surface area contributed by atoms with E-state index in [-0.39, 0.29) is 5.91 Å². The molecule has 0 radical (unpaired) electrons. The van der Waals surface area contributed by atoms with Crippen molar-refractivity contribution in [3.8, 4) is 0 Å². The topological polar surface area (TPSA) is 103 Å². The maximum atomic E-state index is 13.0. The minimum atomic E-state index is -0.0384. The fourth-order valence-corrected chi connectivity index (χ4v) is 6.02. The van der Waals surface area contributed by atoms with Gasteiger partial charge in [0, 0.05) is 37.8 Å². The Labute approximate surface area is 223 Å². The quantitative estimate of drug-likeness (QED) is 0.263. The van der Waals surface area contributed by atoms with Crippen LogP contribution in [0.2, 0.25) is 0 Å². The van der Waals surface area contributed by atoms with Crippen molar-refractivity contribution in [2.45, 2.75) is 57.9 Å². The van der Waals surface area contributed by atoms with Gasteiger partial charge in [-0.3, -0.25) is 10.2 Å². The van der Waals surface area contributed by atoms with E-state index in [1.807, 2.05) is 37.1 Å². The number of aryl methyl sites for hydroxylation is 2. The number of carbonyl (C=O) groups excluding carboxylic acids is 1. The molecule has 2 aliphatic rings. The average Bonchev–Trinajstić information content (AvgIpc) is 3.47. The first-order valence-corrected chi connectivity index (χ1v) is 13.6. The van der Waals surface area contributed by atoms with Crippen LogP contribution in [0, 0.1) is 5.41 Å². The van der Waals surface area contributed by atoms with Crippen LogP contribution in [-0.4, -0.2) is 49.3 Å². The smallest absolute Gasteiger partial charge is 0.251 e. The number of hydrogen-bond acceptors (Lipinski definition) is 4. The van der Waals surface area contributed by atoms with Gasteiger partial charge in [-0.2, -0.15) is 0 Å². The summed E-state index contributed by atoms with van der Waals surface area (Å²) < 4.78 is 2.06. The van der Waals surface area contributed by atoms with E-state index in [1.165, 1.54) is 24.0 Å². The number of amidine groups is 1. The number of amides is 1. The molecule has 0 bridgehead atoms. The first-order chi connectivity index (χ1) is 18.5. The van der Waals surface area contributed by atoms with Crippen molar-refractivity contribution in [1.29, 1.82) is 5.41 Å². The summed E-state index contributed by atoms with van der Waals surface area (Å²) >= 11 is 0. The summed E-state index contributed by atoms with van der Waals surface area (Å²) in [6.45, 7) is 4.01. The highest BCUT2D eigenvalue weighted by molar-refractivity contribution is 5.97. The van der Waals surface area contributed by atoms with Gasteiger partial charge in [0.25, 0.3) is 5.91 Å². The number of fused-ring (bicyclic) bond motifs is 3. The summed E-state index contributed by atoms with van der Waals surface area (Å²) in [5.41, 5.74) is 7.57. The van der Waals surface area contributed by atoms with E-state index >= 15 is 0 Å². The monoisotopic (exact) mass is 509 g/mol. The number of aromatic nitrogens is 4. The lowest BCUT2D eigenvalue weighted by molar-refractivity contribution is 0.0952. The summed E-state index contributed by atoms with van der Waals surface area (Å²) in [4.78, 5) is 28.2. The van der Waals surface area contributed by atoms with Gasteiger partial charge in [-0.25, -0.2) is 9.97 Å². The van der Waals surface area contributed by atoms with Crippen LogP contribution in [0.15, 0.2) is 42.5 Å². The fraction of sp³-hybridized carbons (Fsp3) is 0.400. The summed E-state index contributed by atoms with van der Waals surface area (Å²) in [5.74, 6) is 2.85. The molecule has 0 spiro atoms. The molecule has 1 aliphatic heterocycles. The van der Waals surface area contributed by atoms with Crippen LogP contribution in [0.25, 0.3) is 11.0 Å². The Bertz CT molecular complexity index is 1510. The van der Waals surface area contributed by atoms with Crippen molar-refractivity contribution < 1.29 is 4.79 Å². The standard InChI is InChI=1S/C30H35N7O/c1-19(31)37-15-13-24-26(18-37)34-28(33-24)17-29-35-25-11-10-22(16-27(25)36(29)2)30(38)32-14-12-21-8-5-7-20-6-3-4-9-23(20)21/h3-4,6,9-11,16,21,31H,5,7-8,12-15,17-18H2,1-2H3,(H,32,38)(H,33,34). The van der Waals surface area contributed by atoms with Crippen LogP contribution >= 0.6 is 0 Å². The molecule has 0 saturated heterocycles. The van der Waals surface area contributed by atoms with Crippen LogP contribution in [0.5, 0.6) is 0 Å². The van der Waals surface area contributed by atoms with Crippen LogP contribution in [0.1, 0.15) is 76.6 Å². The highest BCUT2D eigenvalue weighted by Crippen LogP contribution is 2.33. The largest absolute Gasteiger partial charge is 0.354 e. The molecular weight excluding hydrogens is 474 g/mol. The van der Waals surface area contributed by atoms with Crippen LogP contribution in [0.3, 0.4) is 0 Å². The molecule has 1 amide bonds. The van der Waals surface area contributed by atoms with Crippen LogP contribution < -0.4 is 5.32 Å². The number of benzene rings is 2. The molecule has 0 saturated carbocycles. The predicted molar refractivity (Wildman–Crippen MR) is 149 cm³/mol. The SMILES string of the molecule is CC(=N)N1CCc2[nH]c(Cc3nc4ccc(C(=O)NCCC5CCCc6ccccc65)cc4n3C)nc2C1. The lowest BCUT2D eigenvalue weighted by Crippen LogP contribution is -2.33. The van der Waals surface area contributed by atoms with Gasteiger partial charge in [0.2, 0.25) is 0 Å². The lowest BCUT2D eigenvalue weighted by atomic mass is 9.81. The second kappa shape index (κ2) is 10.1. The zero-order valence-corrected chi connectivity index (χ0v) is 22.2. The van der Waals surface area contributed by atoms with Gasteiger partial charge >= 0.3 is 0 Å². The normalized spacial score (nSPS) is 16.8. The summed E-state index contributed by atoms with van der Waals surface area (Å²) in [6, 6.07) is 14.5. The number of aromatic amines is 1. The van der Waals surface area contributed by atoms with Gasteiger partial charge in [-0.05, 0) is 67.9 Å². The minimum Gasteiger partial charge on any atom is -0.354 e. The van der Waals surface area contributed by atoms with E-state index in [1.54, 1.807) is 0 Å². The van der Waals surface area contributed by atoms with Crippen molar-refractivity contribution in [3.63, 3.8) is 0 Å². The van der Waals surface area contributed by atoms with E-state index in [0.717, 1.165) is 59.9 Å². The number of hydrogen-bond donors (Lipinski definition) is 3. The highest BCUT2D eigenvalue weighted by atomic mass is 16.1. The third kappa shape index (κ3) is 4.71. The molecule has 8 nitrogen and oxygen atoms in total. The molecule has 6 rings (SSSR count). The molecule has 196 valence electrons. The van der Waals surface area contributed by atoms with Gasteiger partial charge in [0.1, 0.15) is 11.6 Å². The van der Waals surface area contributed by atoms with Crippen LogP contribution in [-0.2, 0) is 32.9 Å². The van der Waals surface area contributed by atoms with Crippen molar-refractivity contribution >= 4 is 22.8 Å². The number of rotatable bonds is 6. The molecule has 0 fully saturated rings. The third-order valence-corrected chi connectivity index (χ3v) is 8.19. The predicted octanol–water partition coefficient (Wildman–Crippen LogP) is 4.48. The Morgan fingerprint density at radius 1 is 1.18 bits per heavy atom. The molecule has 3 heterocycles. The zero-order valence-electron chi connectivity index (χ0n) is 22.2. The van der Waals surface area contributed by atoms with Crippen molar-refractivity contribution in [1.82, 2.24) is 29.7 Å². The fourth-order valence-electron chi connectivity index (χ4n) is 6.02. The van der Waals surface area contributed by atoms with Gasteiger partial charge in [0.05, 0.1) is 35.5 Å². The summed E-state index contributed by atoms with van der Waals surface area (Å²) in [7, 11) is 2.00. The van der Waals surface area contributed by atoms with Crippen molar-refractivity contribution in [2.75, 3.05) is 13.1 Å². The summed E-state index contributed by atoms with van der Waals surface area (Å²) in [6.07, 6.45) is 5.99. The number of carbonyl (C=O) groups is 1. The van der Waals surface area contributed by atoms with E-state index < -0.39 is 0 Å². The highest BCUT2D eigenvalue weighted by Gasteiger charge is 2.22. The second-order valence-electron chi connectivity index (χ2n) is 10.7. The Hall–Kier alpha value is -3.94. The molecule has 8 heteroatoms. The zero-order chi connectivity index (χ0) is 26.2. The number of imidazole rings is 2. The van der Waals surface area contributed by atoms with Crippen molar-refractivity contribution in [2.24, 2.45) is 7.05 Å². The molecular formula is C30H35N7O. The van der Waals surface area contributed by atoms with Gasteiger partial charge in [-0.15, -0.1) is 0 Å². The van der Waals surface area contributed by atoms with Gasteiger partial charge in [-0.1, -0.05) is 24.3 Å². The van der Waals surface area contributed by atoms with Gasteiger partial charge in [0.15, 0.2) is 0 Å². The Morgan fingerprint density at radius 3 is 2.92 bits per heavy atom. The first-order valence-electron chi connectivity index (χ1n) is 13.6. The molecule has 38 heavy (non-hydrogen) atoms. The third-order valence-electron chi connectivity index (χ3n) is 8.19. The van der Waals surface area contributed by atoms with Crippen LogP contribution in [0.4, 0.5) is 0 Å². The number of nitrogens with one attached hydrogen (secondary N) is 3. The Kier molecular flexibility index (Phi) is 6.47. The Morgan fingerprint density at radius 2 is 2.05 bits per heavy atom. The Balaban J connectivity index is 1.12. The molecule has 1 atom stereocenters. The summed E-state index contributed by atoms with van der Waals surface area (Å²) in [5, 5.41) is 11.1. The first kappa shape index (κ1) is 24.4. The van der Waals surface area contributed by atoms with E-state index in [4.69, 9.17) is 15.4 Å². The maximum Gasteiger partial charge on any atom is 0.251 e. The minimum absolute atomic E-state index is 0.0384. The van der Waals surface area contributed by atoms with E-state index in [9.17, 15) is 4.79 Å². The average molecular weight is 510 g/mol. The van der Waals surface area contributed by atoms with Crippen molar-refractivity contribution in [3.05, 3.63) is 82.2 Å². The molecule has 2 aromatic carbocycles. The molecule has 3 N–H and O–H groups in total. The van der Waals surface area contributed by atoms with Gasteiger partial charge < -0.3 is 19.8 Å². The number of nitrogens with zero attached hydrogens (tertiary/aromatic N) is 4. The lowest BCUT2D eigenvalue weighted by Gasteiger charge is -2.26. The maximum absolute atomic E-state index is 13.0. The molecule has 2 aromatic heterocycles.